The van der Waals surface area contributed by atoms with Gasteiger partial charge in [-0.05, 0) is 57.0 Å². The molecular formula is C18H26ClNO. The van der Waals surface area contributed by atoms with Crippen molar-refractivity contribution < 1.29 is 4.74 Å². The molecule has 2 fully saturated rings. The third-order valence-corrected chi connectivity index (χ3v) is 6.20. The van der Waals surface area contributed by atoms with E-state index in [4.69, 9.17) is 16.3 Å². The lowest BCUT2D eigenvalue weighted by molar-refractivity contribution is -0.100. The fraction of sp³-hybridized carbons (Fsp3) is 0.667. The Hall–Kier alpha value is -0.730. The molecule has 0 saturated heterocycles. The first kappa shape index (κ1) is 15.2. The molecule has 2 saturated carbocycles. The number of rotatable bonds is 3. The quantitative estimate of drug-likeness (QED) is 0.878. The van der Waals surface area contributed by atoms with Crippen LogP contribution in [-0.4, -0.2) is 19.2 Å². The Kier molecular flexibility index (Phi) is 4.20. The molecule has 2 atom stereocenters. The number of hydrogen-bond acceptors (Lipinski definition) is 2. The van der Waals surface area contributed by atoms with E-state index in [1.165, 1.54) is 32.1 Å². The topological polar surface area (TPSA) is 21.3 Å². The molecule has 21 heavy (non-hydrogen) atoms. The average molecular weight is 308 g/mol. The molecule has 2 unspecified atom stereocenters. The molecule has 116 valence electrons. The Morgan fingerprint density at radius 3 is 2.33 bits per heavy atom. The van der Waals surface area contributed by atoms with Crippen molar-refractivity contribution >= 4 is 11.6 Å². The van der Waals surface area contributed by atoms with Crippen molar-refractivity contribution in [2.75, 3.05) is 7.05 Å². The highest BCUT2D eigenvalue weighted by atomic mass is 35.5. The van der Waals surface area contributed by atoms with Crippen LogP contribution in [0.4, 0.5) is 0 Å². The molecule has 2 aliphatic carbocycles. The average Bonchev–Trinajstić information content (AvgIpc) is 2.49. The van der Waals surface area contributed by atoms with Gasteiger partial charge in [0.25, 0.3) is 0 Å². The molecular weight excluding hydrogens is 282 g/mol. The van der Waals surface area contributed by atoms with E-state index in [0.717, 1.165) is 28.3 Å². The summed E-state index contributed by atoms with van der Waals surface area (Å²) >= 11 is 6.26. The van der Waals surface area contributed by atoms with Gasteiger partial charge in [0.05, 0.1) is 0 Å². The van der Waals surface area contributed by atoms with Gasteiger partial charge in [0.2, 0.25) is 0 Å². The van der Waals surface area contributed by atoms with Crippen LogP contribution in [0.5, 0.6) is 5.75 Å². The zero-order valence-corrected chi connectivity index (χ0v) is 14.1. The lowest BCUT2D eigenvalue weighted by Crippen LogP contribution is -2.64. The molecule has 3 rings (SSSR count). The van der Waals surface area contributed by atoms with Gasteiger partial charge in [0.15, 0.2) is 0 Å². The van der Waals surface area contributed by atoms with Crippen LogP contribution >= 0.6 is 11.6 Å². The Balaban J connectivity index is 1.78. The molecule has 1 N–H and O–H groups in total. The van der Waals surface area contributed by atoms with Crippen LogP contribution in [0.15, 0.2) is 12.1 Å². The van der Waals surface area contributed by atoms with Crippen molar-refractivity contribution in [1.29, 1.82) is 0 Å². The standard InChI is InChI=1S/C18H26ClNO/c1-12-9-14(10-13(2)17(12)19)21-16-11-15(20-3)18(16)7-5-4-6-8-18/h9-10,15-16,20H,4-8,11H2,1-3H3. The number of aryl methyl sites for hydroxylation is 2. The summed E-state index contributed by atoms with van der Waals surface area (Å²) in [6, 6.07) is 4.79. The Morgan fingerprint density at radius 2 is 1.76 bits per heavy atom. The van der Waals surface area contributed by atoms with Crippen LogP contribution in [0.1, 0.15) is 49.7 Å². The third kappa shape index (κ3) is 2.57. The van der Waals surface area contributed by atoms with E-state index in [0.29, 0.717) is 17.6 Å². The van der Waals surface area contributed by atoms with Crippen LogP contribution in [0.2, 0.25) is 5.02 Å². The Bertz CT molecular complexity index is 499. The zero-order valence-electron chi connectivity index (χ0n) is 13.3. The summed E-state index contributed by atoms with van der Waals surface area (Å²) in [6.45, 7) is 4.10. The summed E-state index contributed by atoms with van der Waals surface area (Å²) in [5.41, 5.74) is 2.57. The Morgan fingerprint density at radius 1 is 1.14 bits per heavy atom. The fourth-order valence-corrected chi connectivity index (χ4v) is 4.45. The van der Waals surface area contributed by atoms with Crippen LogP contribution in [0, 0.1) is 19.3 Å². The van der Waals surface area contributed by atoms with Gasteiger partial charge < -0.3 is 10.1 Å². The molecule has 0 aromatic heterocycles. The van der Waals surface area contributed by atoms with Crippen LogP contribution in [-0.2, 0) is 0 Å². The van der Waals surface area contributed by atoms with Gasteiger partial charge in [-0.3, -0.25) is 0 Å². The highest BCUT2D eigenvalue weighted by molar-refractivity contribution is 6.32. The number of hydrogen-bond donors (Lipinski definition) is 1. The number of nitrogens with one attached hydrogen (secondary N) is 1. The van der Waals surface area contributed by atoms with E-state index in [-0.39, 0.29) is 0 Å². The highest BCUT2D eigenvalue weighted by Gasteiger charge is 2.55. The van der Waals surface area contributed by atoms with Gasteiger partial charge in [-0.2, -0.15) is 0 Å². The summed E-state index contributed by atoms with van der Waals surface area (Å²) < 4.78 is 6.39. The molecule has 2 aliphatic rings. The van der Waals surface area contributed by atoms with E-state index in [9.17, 15) is 0 Å². The van der Waals surface area contributed by atoms with Gasteiger partial charge in [-0.1, -0.05) is 30.9 Å². The lowest BCUT2D eigenvalue weighted by atomic mass is 9.55. The molecule has 0 radical (unpaired) electrons. The minimum atomic E-state index is 0.356. The molecule has 0 heterocycles. The molecule has 3 heteroatoms. The van der Waals surface area contributed by atoms with E-state index in [2.05, 4.69) is 38.3 Å². The predicted octanol–water partition coefficient (Wildman–Crippen LogP) is 4.65. The monoisotopic (exact) mass is 307 g/mol. The molecule has 2 nitrogen and oxygen atoms in total. The minimum absolute atomic E-state index is 0.356. The minimum Gasteiger partial charge on any atom is -0.490 e. The van der Waals surface area contributed by atoms with E-state index in [1.807, 2.05) is 0 Å². The Labute approximate surface area is 133 Å². The maximum absolute atomic E-state index is 6.39. The molecule has 1 spiro atoms. The smallest absolute Gasteiger partial charge is 0.120 e. The summed E-state index contributed by atoms with van der Waals surface area (Å²) in [5.74, 6) is 0.985. The number of ether oxygens (including phenoxy) is 1. The van der Waals surface area contributed by atoms with Gasteiger partial charge in [0, 0.05) is 22.9 Å². The second-order valence-electron chi connectivity index (χ2n) is 6.85. The highest BCUT2D eigenvalue weighted by Crippen LogP contribution is 2.53. The maximum Gasteiger partial charge on any atom is 0.120 e. The first-order chi connectivity index (χ1) is 10.1. The fourth-order valence-electron chi connectivity index (χ4n) is 4.34. The van der Waals surface area contributed by atoms with Crippen molar-refractivity contribution in [2.24, 2.45) is 5.41 Å². The summed E-state index contributed by atoms with van der Waals surface area (Å²) in [7, 11) is 2.09. The van der Waals surface area contributed by atoms with Crippen molar-refractivity contribution in [2.45, 2.75) is 64.5 Å². The van der Waals surface area contributed by atoms with Gasteiger partial charge in [0.1, 0.15) is 11.9 Å². The van der Waals surface area contributed by atoms with Crippen molar-refractivity contribution in [3.05, 3.63) is 28.3 Å². The van der Waals surface area contributed by atoms with Crippen LogP contribution in [0.3, 0.4) is 0 Å². The van der Waals surface area contributed by atoms with Gasteiger partial charge in [-0.25, -0.2) is 0 Å². The number of halogens is 1. The number of benzene rings is 1. The molecule has 0 amide bonds. The zero-order chi connectivity index (χ0) is 15.0. The van der Waals surface area contributed by atoms with E-state index in [1.54, 1.807) is 0 Å². The molecule has 1 aromatic carbocycles. The summed E-state index contributed by atoms with van der Waals surface area (Å²) in [4.78, 5) is 0. The SMILES string of the molecule is CNC1CC(Oc2cc(C)c(Cl)c(C)c2)C12CCCCC2. The van der Waals surface area contributed by atoms with E-state index >= 15 is 0 Å². The summed E-state index contributed by atoms with van der Waals surface area (Å²) in [5, 5.41) is 4.37. The largest absolute Gasteiger partial charge is 0.490 e. The van der Waals surface area contributed by atoms with E-state index < -0.39 is 0 Å². The first-order valence-corrected chi connectivity index (χ1v) is 8.55. The second-order valence-corrected chi connectivity index (χ2v) is 7.23. The summed E-state index contributed by atoms with van der Waals surface area (Å²) in [6.07, 6.45) is 8.15. The predicted molar refractivity (Wildman–Crippen MR) is 88.3 cm³/mol. The van der Waals surface area contributed by atoms with Gasteiger partial charge >= 0.3 is 0 Å². The van der Waals surface area contributed by atoms with Gasteiger partial charge in [-0.15, -0.1) is 0 Å². The first-order valence-electron chi connectivity index (χ1n) is 8.17. The van der Waals surface area contributed by atoms with Crippen LogP contribution < -0.4 is 10.1 Å². The lowest BCUT2D eigenvalue weighted by Gasteiger charge is -2.57. The maximum atomic E-state index is 6.39. The van der Waals surface area contributed by atoms with Crippen molar-refractivity contribution in [3.8, 4) is 5.75 Å². The molecule has 0 bridgehead atoms. The molecule has 1 aromatic rings. The normalized spacial score (nSPS) is 27.4. The third-order valence-electron chi connectivity index (χ3n) is 5.61. The second kappa shape index (κ2) is 5.81. The van der Waals surface area contributed by atoms with Crippen molar-refractivity contribution in [3.63, 3.8) is 0 Å². The van der Waals surface area contributed by atoms with Crippen molar-refractivity contribution in [1.82, 2.24) is 5.32 Å². The van der Waals surface area contributed by atoms with Crippen LogP contribution in [0.25, 0.3) is 0 Å². The molecule has 0 aliphatic heterocycles.